The topological polar surface area (TPSA) is 102 Å². The summed E-state index contributed by atoms with van der Waals surface area (Å²) in [6.07, 6.45) is 1.96. The lowest BCUT2D eigenvalue weighted by atomic mass is 9.70. The zero-order valence-corrected chi connectivity index (χ0v) is 21.6. The van der Waals surface area contributed by atoms with Crippen LogP contribution in [0.25, 0.3) is 0 Å². The Bertz CT molecular complexity index is 1350. The fourth-order valence-electron chi connectivity index (χ4n) is 6.86. The number of rotatable bonds is 5. The van der Waals surface area contributed by atoms with Crippen LogP contribution in [-0.4, -0.2) is 78.0 Å². The highest BCUT2D eigenvalue weighted by Crippen LogP contribution is 2.69. The number of hydrogen-bond acceptors (Lipinski definition) is 8. The highest BCUT2D eigenvalue weighted by molar-refractivity contribution is 5.59. The van der Waals surface area contributed by atoms with Crippen LogP contribution < -0.4 is 9.47 Å². The number of nitrogens with zero attached hydrogens (tertiary/aromatic N) is 4. The average Bonchev–Trinajstić information content (AvgIpc) is 3.33. The van der Waals surface area contributed by atoms with Gasteiger partial charge in [-0.15, -0.1) is 0 Å². The molecule has 3 aromatic rings. The summed E-state index contributed by atoms with van der Waals surface area (Å²) < 4.78 is 12.5. The second kappa shape index (κ2) is 9.37. The molecule has 6 rings (SSSR count). The van der Waals surface area contributed by atoms with E-state index < -0.39 is 23.2 Å². The van der Waals surface area contributed by atoms with Crippen molar-refractivity contribution in [3.63, 3.8) is 0 Å². The molecule has 1 saturated carbocycles. The van der Waals surface area contributed by atoms with Gasteiger partial charge < -0.3 is 29.5 Å². The van der Waals surface area contributed by atoms with Gasteiger partial charge in [0.1, 0.15) is 11.5 Å². The molecule has 0 bridgehead atoms. The van der Waals surface area contributed by atoms with Gasteiger partial charge in [-0.25, -0.2) is 0 Å². The van der Waals surface area contributed by atoms with Crippen molar-refractivity contribution < 1.29 is 19.7 Å². The normalized spacial score (nSPS) is 30.8. The number of ether oxygens (including phenoxy) is 2. The minimum atomic E-state index is -1.83. The van der Waals surface area contributed by atoms with Crippen LogP contribution in [0.2, 0.25) is 0 Å². The molecule has 2 N–H and O–H groups in total. The Kier molecular flexibility index (Phi) is 6.12. The quantitative estimate of drug-likeness (QED) is 0.538. The first kappa shape index (κ1) is 24.8. The van der Waals surface area contributed by atoms with Gasteiger partial charge in [0.25, 0.3) is 0 Å². The van der Waals surface area contributed by atoms with E-state index in [0.29, 0.717) is 34.7 Å². The van der Waals surface area contributed by atoms with Crippen molar-refractivity contribution in [1.82, 2.24) is 14.8 Å². The molecule has 3 aliphatic rings. The van der Waals surface area contributed by atoms with Gasteiger partial charge in [-0.2, -0.15) is 5.26 Å². The molecule has 0 spiro atoms. The van der Waals surface area contributed by atoms with Gasteiger partial charge in [0.05, 0.1) is 42.8 Å². The smallest absolute Gasteiger partial charge is 0.177 e. The number of aromatic nitrogens is 1. The zero-order chi connectivity index (χ0) is 26.5. The van der Waals surface area contributed by atoms with E-state index in [1.54, 1.807) is 24.5 Å². The molecule has 2 aromatic carbocycles. The second-order valence-electron chi connectivity index (χ2n) is 10.6. The van der Waals surface area contributed by atoms with Crippen LogP contribution in [0.3, 0.4) is 0 Å². The zero-order valence-electron chi connectivity index (χ0n) is 21.6. The first-order valence-corrected chi connectivity index (χ1v) is 13.0. The molecule has 38 heavy (non-hydrogen) atoms. The predicted octanol–water partition coefficient (Wildman–Crippen LogP) is 2.46. The summed E-state index contributed by atoms with van der Waals surface area (Å²) >= 11 is 0. The van der Waals surface area contributed by atoms with Gasteiger partial charge in [0, 0.05) is 44.6 Å². The number of aliphatic hydroxyl groups excluding tert-OH is 1. The van der Waals surface area contributed by atoms with E-state index in [1.807, 2.05) is 42.5 Å². The molecule has 5 atom stereocenters. The molecule has 196 valence electrons. The van der Waals surface area contributed by atoms with Crippen LogP contribution in [0.15, 0.2) is 67.0 Å². The van der Waals surface area contributed by atoms with Crippen molar-refractivity contribution >= 4 is 0 Å². The lowest BCUT2D eigenvalue weighted by molar-refractivity contribution is -0.152. The van der Waals surface area contributed by atoms with E-state index >= 15 is 0 Å². The predicted molar refractivity (Wildman–Crippen MR) is 141 cm³/mol. The van der Waals surface area contributed by atoms with Crippen LogP contribution in [-0.2, 0) is 11.2 Å². The average molecular weight is 513 g/mol. The number of likely N-dealkylation sites (N-methyl/N-ethyl adjacent to an activating group) is 1. The van der Waals surface area contributed by atoms with Gasteiger partial charge in [0.2, 0.25) is 0 Å². The Morgan fingerprint density at radius 3 is 2.45 bits per heavy atom. The SMILES string of the molecule is COc1cncc2c1[C@]1(O)[C@H](O)[C@H](CN3CCN(C)CC3)[C@H](c3ccccc3)[C@]1(c1ccc(C#N)cc1)O2. The molecule has 0 radical (unpaired) electrons. The third-order valence-electron chi connectivity index (χ3n) is 8.68. The largest absolute Gasteiger partial charge is 0.495 e. The van der Waals surface area contributed by atoms with Crippen LogP contribution >= 0.6 is 0 Å². The van der Waals surface area contributed by atoms with Gasteiger partial charge in [0.15, 0.2) is 11.2 Å². The van der Waals surface area contributed by atoms with Gasteiger partial charge in [-0.05, 0) is 30.3 Å². The van der Waals surface area contributed by atoms with E-state index in [2.05, 4.69) is 27.9 Å². The molecular formula is C30H32N4O4. The Hall–Kier alpha value is -3.48. The summed E-state index contributed by atoms with van der Waals surface area (Å²) in [7, 11) is 3.65. The Morgan fingerprint density at radius 1 is 1.08 bits per heavy atom. The summed E-state index contributed by atoms with van der Waals surface area (Å²) in [4.78, 5) is 8.95. The number of methoxy groups -OCH3 is 1. The lowest BCUT2D eigenvalue weighted by Gasteiger charge is -2.41. The Morgan fingerprint density at radius 2 is 1.79 bits per heavy atom. The Balaban J connectivity index is 1.59. The minimum absolute atomic E-state index is 0.354. The van der Waals surface area contributed by atoms with Crippen molar-refractivity contribution in [3.8, 4) is 17.6 Å². The number of fused-ring (bicyclic) bond motifs is 3. The van der Waals surface area contributed by atoms with E-state index in [4.69, 9.17) is 9.47 Å². The number of hydrogen-bond donors (Lipinski definition) is 2. The van der Waals surface area contributed by atoms with Crippen molar-refractivity contribution in [1.29, 1.82) is 5.26 Å². The summed E-state index contributed by atoms with van der Waals surface area (Å²) in [6.45, 7) is 4.26. The highest BCUT2D eigenvalue weighted by Gasteiger charge is 2.76. The fraction of sp³-hybridized carbons (Fsp3) is 0.400. The number of nitriles is 1. The van der Waals surface area contributed by atoms with Crippen molar-refractivity contribution in [2.45, 2.75) is 23.2 Å². The maximum Gasteiger partial charge on any atom is 0.177 e. The van der Waals surface area contributed by atoms with Gasteiger partial charge >= 0.3 is 0 Å². The molecule has 2 fully saturated rings. The maximum atomic E-state index is 12.9. The molecule has 0 amide bonds. The van der Waals surface area contributed by atoms with Gasteiger partial charge in [-0.1, -0.05) is 42.5 Å². The molecule has 3 heterocycles. The fourth-order valence-corrected chi connectivity index (χ4v) is 6.86. The van der Waals surface area contributed by atoms with E-state index in [0.717, 1.165) is 31.7 Å². The van der Waals surface area contributed by atoms with E-state index in [9.17, 15) is 15.5 Å². The first-order valence-electron chi connectivity index (χ1n) is 13.0. The molecule has 2 aliphatic heterocycles. The highest BCUT2D eigenvalue weighted by atomic mass is 16.5. The van der Waals surface area contributed by atoms with E-state index in [1.165, 1.54) is 7.11 Å². The monoisotopic (exact) mass is 512 g/mol. The summed E-state index contributed by atoms with van der Waals surface area (Å²) in [6, 6.07) is 19.3. The van der Waals surface area contributed by atoms with Crippen LogP contribution in [0, 0.1) is 17.2 Å². The number of piperazine rings is 1. The van der Waals surface area contributed by atoms with E-state index in [-0.39, 0.29) is 5.92 Å². The molecule has 1 aromatic heterocycles. The number of benzene rings is 2. The molecule has 1 aliphatic carbocycles. The molecule has 0 unspecified atom stereocenters. The molecular weight excluding hydrogens is 480 g/mol. The van der Waals surface area contributed by atoms with Crippen molar-refractivity contribution in [2.24, 2.45) is 5.92 Å². The third kappa shape index (κ3) is 3.47. The number of pyridine rings is 1. The molecule has 8 heteroatoms. The lowest BCUT2D eigenvalue weighted by Crippen LogP contribution is -2.52. The molecule has 8 nitrogen and oxygen atoms in total. The van der Waals surface area contributed by atoms with Crippen molar-refractivity contribution in [2.75, 3.05) is 46.9 Å². The Labute approximate surface area is 222 Å². The van der Waals surface area contributed by atoms with Crippen LogP contribution in [0.1, 0.15) is 28.2 Å². The minimum Gasteiger partial charge on any atom is -0.495 e. The maximum absolute atomic E-state index is 12.9. The summed E-state index contributed by atoms with van der Waals surface area (Å²) in [5, 5.41) is 34.6. The summed E-state index contributed by atoms with van der Waals surface area (Å²) in [5.74, 6) is -0.0123. The van der Waals surface area contributed by atoms with Crippen molar-refractivity contribution in [3.05, 3.63) is 89.2 Å². The second-order valence-corrected chi connectivity index (χ2v) is 10.6. The standard InChI is InChI=1S/C30H32N4O4/c1-33-12-14-34(15-13-33)19-23-26(21-6-4-3-5-7-21)30(22-10-8-20(16-31)9-11-22)29(36,28(23)35)27-24(37-2)17-32-18-25(27)38-30/h3-11,17-18,23,26,28,35-36H,12-15,19H2,1-2H3/t23-,26+,28-,29+,30+/m1/s1. The third-order valence-corrected chi connectivity index (χ3v) is 8.68. The molecule has 1 saturated heterocycles. The first-order chi connectivity index (χ1) is 18.4. The summed E-state index contributed by atoms with van der Waals surface area (Å²) in [5.41, 5.74) is -0.641. The van der Waals surface area contributed by atoms with Crippen LogP contribution in [0.5, 0.6) is 11.5 Å². The van der Waals surface area contributed by atoms with Crippen LogP contribution in [0.4, 0.5) is 0 Å². The van der Waals surface area contributed by atoms with Gasteiger partial charge in [-0.3, -0.25) is 4.98 Å². The number of aliphatic hydroxyl groups is 2.